The second-order valence-electron chi connectivity index (χ2n) is 11.7. The Morgan fingerprint density at radius 3 is 2.51 bits per heavy atom. The van der Waals surface area contributed by atoms with E-state index in [0.717, 1.165) is 35.1 Å². The zero-order valence-electron chi connectivity index (χ0n) is 28.2. The zero-order valence-corrected chi connectivity index (χ0v) is 29.8. The van der Waals surface area contributed by atoms with Crippen molar-refractivity contribution in [3.05, 3.63) is 92.4 Å². The quantitative estimate of drug-likeness (QED) is 0.109. The van der Waals surface area contributed by atoms with E-state index in [2.05, 4.69) is 16.8 Å². The standard InChI is InChI=1S/C34H41B2N5O4S2/c1-8-10-15-30-37-22(4)28(19-31(46)40(6)7)33(42)41(30)34(35,36)25-16-17-26(24(18-25)20-44-9-2)27-13-11-12-14-29(27)47(43)39-32-21(3)23(5)45-38-32/h11-14,16-18H,8-10,15,19-20H2,1-7H3,(H,38,39). The Kier molecular flexibility index (Phi) is 12.2. The molecular weight excluding hydrogens is 628 g/mol. The van der Waals surface area contributed by atoms with Crippen LogP contribution < -0.4 is 10.3 Å². The molecule has 4 rings (SSSR count). The van der Waals surface area contributed by atoms with Gasteiger partial charge in [-0.25, -0.2) is 4.98 Å². The van der Waals surface area contributed by atoms with Gasteiger partial charge in [-0.3, -0.25) is 4.79 Å². The van der Waals surface area contributed by atoms with Gasteiger partial charge in [-0.05, 0) is 68.3 Å². The molecule has 0 saturated carbocycles. The van der Waals surface area contributed by atoms with Crippen molar-refractivity contribution in [2.75, 3.05) is 25.4 Å². The molecule has 4 aromatic rings. The van der Waals surface area contributed by atoms with Gasteiger partial charge in [0.25, 0.3) is 5.56 Å². The summed E-state index contributed by atoms with van der Waals surface area (Å²) in [5.74, 6) is 1.57. The molecule has 244 valence electrons. The molecular formula is C34H41B2N5O4S2. The monoisotopic (exact) mass is 669 g/mol. The van der Waals surface area contributed by atoms with Gasteiger partial charge in [-0.1, -0.05) is 61.1 Å². The topological polar surface area (TPSA) is 108 Å². The number of likely N-dealkylation sites (N-methyl/N-ethyl adjacent to an activating group) is 1. The van der Waals surface area contributed by atoms with Crippen molar-refractivity contribution in [3.8, 4) is 11.1 Å². The third-order valence-electron chi connectivity index (χ3n) is 8.16. The van der Waals surface area contributed by atoms with Gasteiger partial charge in [-0.15, -0.1) is 0 Å². The molecule has 1 atom stereocenters. The fraction of sp³-hybridized carbons (Fsp3) is 0.412. The van der Waals surface area contributed by atoms with Crippen molar-refractivity contribution in [1.29, 1.82) is 0 Å². The Morgan fingerprint density at radius 2 is 1.87 bits per heavy atom. The molecule has 2 heterocycles. The maximum Gasteiger partial charge on any atom is 0.256 e. The highest BCUT2D eigenvalue weighted by Gasteiger charge is 2.30. The number of nitrogens with zero attached hydrogens (tertiary/aromatic N) is 4. The van der Waals surface area contributed by atoms with E-state index in [9.17, 15) is 9.35 Å². The Hall–Kier alpha value is -3.38. The predicted octanol–water partition coefficient (Wildman–Crippen LogP) is 5.26. The van der Waals surface area contributed by atoms with E-state index in [4.69, 9.17) is 42.2 Å². The minimum Gasteiger partial charge on any atom is -0.588 e. The van der Waals surface area contributed by atoms with E-state index in [-0.39, 0.29) is 18.6 Å². The number of aryl methyl sites for hydroxylation is 3. The van der Waals surface area contributed by atoms with Gasteiger partial charge in [0.05, 0.1) is 27.3 Å². The van der Waals surface area contributed by atoms with E-state index >= 15 is 0 Å². The van der Waals surface area contributed by atoms with Gasteiger partial charge >= 0.3 is 0 Å². The fourth-order valence-electron chi connectivity index (χ4n) is 5.19. The van der Waals surface area contributed by atoms with Crippen LogP contribution in [0.15, 0.2) is 56.7 Å². The zero-order chi connectivity index (χ0) is 34.5. The first-order valence-electron chi connectivity index (χ1n) is 15.6. The fourth-order valence-corrected chi connectivity index (χ4v) is 6.39. The number of anilines is 1. The summed E-state index contributed by atoms with van der Waals surface area (Å²) in [4.78, 5) is 22.0. The van der Waals surface area contributed by atoms with E-state index in [1.807, 2.05) is 65.2 Å². The average molecular weight is 669 g/mol. The van der Waals surface area contributed by atoms with Crippen LogP contribution >= 0.6 is 12.2 Å². The normalized spacial score (nSPS) is 12.3. The van der Waals surface area contributed by atoms with Crippen LogP contribution in [-0.4, -0.2) is 65.5 Å². The van der Waals surface area contributed by atoms with Crippen LogP contribution in [0.25, 0.3) is 11.1 Å². The third kappa shape index (κ3) is 8.02. The highest BCUT2D eigenvalue weighted by Crippen LogP contribution is 2.34. The number of aromatic nitrogens is 3. The number of hydrogen-bond donors (Lipinski definition) is 1. The van der Waals surface area contributed by atoms with Gasteiger partial charge in [0.15, 0.2) is 4.90 Å². The van der Waals surface area contributed by atoms with Crippen molar-refractivity contribution >= 4 is 50.1 Å². The molecule has 0 aliphatic heterocycles. The second-order valence-corrected chi connectivity index (χ2v) is 13.4. The highest BCUT2D eigenvalue weighted by atomic mass is 32.2. The maximum atomic E-state index is 14.2. The average Bonchev–Trinajstić information content (AvgIpc) is 3.36. The molecule has 2 aromatic carbocycles. The first kappa shape index (κ1) is 36.5. The molecule has 0 amide bonds. The van der Waals surface area contributed by atoms with Gasteiger partial charge < -0.3 is 23.3 Å². The SMILES string of the molecule is [B]C([B])(c1ccc(-c2ccccc2[S+]([O-])Nc2noc(C)c2C)c(COCC)c1)n1c(CCCC)nc(C)c(CC(=S)N(C)C)c1=O. The van der Waals surface area contributed by atoms with Crippen LogP contribution in [0.5, 0.6) is 0 Å². The summed E-state index contributed by atoms with van der Waals surface area (Å²) in [6.45, 7) is 10.2. The molecule has 9 nitrogen and oxygen atoms in total. The summed E-state index contributed by atoms with van der Waals surface area (Å²) < 4.78 is 29.1. The van der Waals surface area contributed by atoms with Crippen LogP contribution in [0.3, 0.4) is 0 Å². The molecule has 47 heavy (non-hydrogen) atoms. The van der Waals surface area contributed by atoms with Crippen molar-refractivity contribution < 1.29 is 13.8 Å². The Labute approximate surface area is 288 Å². The number of unbranched alkanes of at least 4 members (excludes halogenated alkanes) is 1. The summed E-state index contributed by atoms with van der Waals surface area (Å²) in [7, 11) is 17.6. The molecule has 0 fully saturated rings. The molecule has 0 aliphatic carbocycles. The Balaban J connectivity index is 1.84. The molecule has 2 aromatic heterocycles. The summed E-state index contributed by atoms with van der Waals surface area (Å²) in [6.07, 6.45) is 2.49. The van der Waals surface area contributed by atoms with Gasteiger partial charge in [-0.2, -0.15) is 4.72 Å². The number of ether oxygens (including phenoxy) is 1. The number of thiocarbonyl (C=S) groups is 1. The minimum absolute atomic E-state index is 0.234. The van der Waals surface area contributed by atoms with Crippen molar-refractivity contribution in [2.24, 2.45) is 0 Å². The molecule has 0 aliphatic rings. The van der Waals surface area contributed by atoms with E-state index < -0.39 is 16.7 Å². The molecule has 0 bridgehead atoms. The van der Waals surface area contributed by atoms with Crippen molar-refractivity contribution in [2.45, 2.75) is 77.1 Å². The lowest BCUT2D eigenvalue weighted by atomic mass is 9.57. The van der Waals surface area contributed by atoms with Gasteiger partial charge in [0.1, 0.15) is 22.9 Å². The lowest BCUT2D eigenvalue weighted by Gasteiger charge is -2.33. The summed E-state index contributed by atoms with van der Waals surface area (Å²) in [5, 5.41) is 2.26. The third-order valence-corrected chi connectivity index (χ3v) is 9.80. The summed E-state index contributed by atoms with van der Waals surface area (Å²) >= 11 is 3.88. The number of rotatable bonds is 14. The lowest BCUT2D eigenvalue weighted by molar-refractivity contribution is 0.134. The molecule has 4 radical (unpaired) electrons. The smallest absolute Gasteiger partial charge is 0.256 e. The van der Waals surface area contributed by atoms with Crippen LogP contribution in [-0.2, 0) is 40.9 Å². The van der Waals surface area contributed by atoms with Crippen LogP contribution in [0.4, 0.5) is 5.82 Å². The second kappa shape index (κ2) is 15.7. The maximum absolute atomic E-state index is 14.2. The van der Waals surface area contributed by atoms with Gasteiger partial charge in [0, 0.05) is 55.9 Å². The molecule has 13 heteroatoms. The van der Waals surface area contributed by atoms with E-state index in [1.165, 1.54) is 4.57 Å². The number of hydrogen-bond acceptors (Lipinski definition) is 8. The molecule has 0 spiro atoms. The number of nitrogens with one attached hydrogen (secondary N) is 1. The molecule has 1 unspecified atom stereocenters. The first-order chi connectivity index (χ1) is 22.3. The molecule has 1 N–H and O–H groups in total. The Bertz CT molecular complexity index is 1790. The van der Waals surface area contributed by atoms with E-state index in [1.54, 1.807) is 24.0 Å². The largest absolute Gasteiger partial charge is 0.588 e. The summed E-state index contributed by atoms with van der Waals surface area (Å²) in [6, 6.07) is 12.9. The lowest BCUT2D eigenvalue weighted by Crippen LogP contribution is -2.47. The first-order valence-corrected chi connectivity index (χ1v) is 17.2. The van der Waals surface area contributed by atoms with Crippen LogP contribution in [0.1, 0.15) is 66.2 Å². The highest BCUT2D eigenvalue weighted by molar-refractivity contribution is 7.92. The van der Waals surface area contributed by atoms with Crippen molar-refractivity contribution in [1.82, 2.24) is 19.6 Å². The predicted molar refractivity (Wildman–Crippen MR) is 194 cm³/mol. The minimum atomic E-state index is -1.75. The van der Waals surface area contributed by atoms with Gasteiger partial charge in [0.2, 0.25) is 5.82 Å². The van der Waals surface area contributed by atoms with Crippen LogP contribution in [0, 0.1) is 20.8 Å². The molecule has 0 saturated heterocycles. The van der Waals surface area contributed by atoms with Crippen LogP contribution in [0.2, 0.25) is 0 Å². The van der Waals surface area contributed by atoms with Crippen molar-refractivity contribution in [3.63, 3.8) is 0 Å². The Morgan fingerprint density at radius 1 is 1.15 bits per heavy atom. The summed E-state index contributed by atoms with van der Waals surface area (Å²) in [5.41, 5.74) is 4.30. The van der Waals surface area contributed by atoms with E-state index in [0.29, 0.717) is 57.1 Å². The number of benzene rings is 2.